The smallest absolute Gasteiger partial charge is 0.282 e. The summed E-state index contributed by atoms with van der Waals surface area (Å²) in [6.07, 6.45) is 0. The summed E-state index contributed by atoms with van der Waals surface area (Å²) in [5.74, 6) is 0.883. The van der Waals surface area contributed by atoms with E-state index < -0.39 is 0 Å². The van der Waals surface area contributed by atoms with Gasteiger partial charge in [0.05, 0.1) is 0 Å². The summed E-state index contributed by atoms with van der Waals surface area (Å²) in [7, 11) is 0. The highest BCUT2D eigenvalue weighted by atomic mass is 35.5. The van der Waals surface area contributed by atoms with Crippen LogP contribution in [0.15, 0.2) is 0 Å². The molecule has 0 aromatic heterocycles. The Morgan fingerprint density at radius 2 is 2.29 bits per heavy atom. The molecular formula is C10H18ClN3O2S. The minimum absolute atomic E-state index is 0. The zero-order valence-electron chi connectivity index (χ0n) is 9.85. The molecule has 1 N–H and O–H groups in total. The van der Waals surface area contributed by atoms with Gasteiger partial charge in [0.2, 0.25) is 5.91 Å². The molecule has 0 aromatic rings. The molecular weight excluding hydrogens is 262 g/mol. The van der Waals surface area contributed by atoms with Crippen LogP contribution in [0.4, 0.5) is 4.79 Å². The first-order chi connectivity index (χ1) is 7.68. The molecule has 0 bridgehead atoms. The Morgan fingerprint density at radius 3 is 2.88 bits per heavy atom. The highest BCUT2D eigenvalue weighted by molar-refractivity contribution is 8.13. The predicted molar refractivity (Wildman–Crippen MR) is 70.7 cm³/mol. The van der Waals surface area contributed by atoms with Crippen LogP contribution >= 0.6 is 24.2 Å². The van der Waals surface area contributed by atoms with Crippen molar-refractivity contribution >= 4 is 35.3 Å². The molecule has 0 aliphatic carbocycles. The fourth-order valence-corrected chi connectivity index (χ4v) is 2.86. The monoisotopic (exact) mass is 279 g/mol. The Balaban J connectivity index is 0.00000144. The van der Waals surface area contributed by atoms with Gasteiger partial charge in [0.1, 0.15) is 6.54 Å². The highest BCUT2D eigenvalue weighted by Crippen LogP contribution is 2.17. The number of carbonyl (C=O) groups excluding carboxylic acids is 2. The minimum Gasteiger partial charge on any atom is -0.336 e. The number of thioether (sulfide) groups is 1. The van der Waals surface area contributed by atoms with Crippen molar-refractivity contribution in [1.29, 1.82) is 0 Å². The number of piperazine rings is 1. The van der Waals surface area contributed by atoms with Gasteiger partial charge in [0.25, 0.3) is 5.24 Å². The lowest BCUT2D eigenvalue weighted by molar-refractivity contribution is -0.134. The minimum atomic E-state index is 0. The van der Waals surface area contributed by atoms with Crippen molar-refractivity contribution in [3.63, 3.8) is 0 Å². The van der Waals surface area contributed by atoms with Crippen molar-refractivity contribution in [1.82, 2.24) is 15.1 Å². The molecule has 2 aliphatic rings. The van der Waals surface area contributed by atoms with Crippen LogP contribution in [0.5, 0.6) is 0 Å². The van der Waals surface area contributed by atoms with Crippen molar-refractivity contribution in [3.05, 3.63) is 0 Å². The van der Waals surface area contributed by atoms with Crippen molar-refractivity contribution in [2.75, 3.05) is 38.5 Å². The van der Waals surface area contributed by atoms with E-state index in [1.165, 1.54) is 11.8 Å². The molecule has 7 heteroatoms. The van der Waals surface area contributed by atoms with E-state index >= 15 is 0 Å². The Hall–Kier alpha value is -0.460. The molecule has 2 aliphatic heterocycles. The van der Waals surface area contributed by atoms with E-state index in [9.17, 15) is 9.59 Å². The van der Waals surface area contributed by atoms with Gasteiger partial charge in [-0.25, -0.2) is 0 Å². The van der Waals surface area contributed by atoms with Crippen LogP contribution in [0, 0.1) is 0 Å². The fourth-order valence-electron chi connectivity index (χ4n) is 2.03. The molecule has 0 radical (unpaired) electrons. The maximum Gasteiger partial charge on any atom is 0.282 e. The number of carbonyl (C=O) groups is 2. The average molecular weight is 280 g/mol. The Morgan fingerprint density at radius 1 is 1.53 bits per heavy atom. The van der Waals surface area contributed by atoms with Crippen molar-refractivity contribution in [2.45, 2.75) is 13.0 Å². The second kappa shape index (κ2) is 6.47. The van der Waals surface area contributed by atoms with Crippen LogP contribution in [0.1, 0.15) is 6.92 Å². The molecule has 0 aromatic carbocycles. The predicted octanol–water partition coefficient (Wildman–Crippen LogP) is 0.397. The van der Waals surface area contributed by atoms with Gasteiger partial charge in [-0.15, -0.1) is 12.4 Å². The quantitative estimate of drug-likeness (QED) is 0.795. The molecule has 0 unspecified atom stereocenters. The van der Waals surface area contributed by atoms with Gasteiger partial charge in [0, 0.05) is 38.0 Å². The number of amides is 2. The first-order valence-corrected chi connectivity index (χ1v) is 6.59. The summed E-state index contributed by atoms with van der Waals surface area (Å²) >= 11 is 1.30. The summed E-state index contributed by atoms with van der Waals surface area (Å²) in [4.78, 5) is 26.9. The van der Waals surface area contributed by atoms with Crippen LogP contribution < -0.4 is 5.32 Å². The highest BCUT2D eigenvalue weighted by Gasteiger charge is 2.28. The molecule has 0 spiro atoms. The normalized spacial score (nSPS) is 24.8. The van der Waals surface area contributed by atoms with E-state index in [1.807, 2.05) is 11.8 Å². The number of nitrogens with zero attached hydrogens (tertiary/aromatic N) is 2. The molecule has 2 heterocycles. The lowest BCUT2D eigenvalue weighted by Crippen LogP contribution is -2.54. The SMILES string of the molecule is C[C@@H]1CNCCN1C(=O)CN1CCSC1=O.Cl. The first-order valence-electron chi connectivity index (χ1n) is 5.60. The van der Waals surface area contributed by atoms with Crippen LogP contribution in [0.25, 0.3) is 0 Å². The zero-order valence-corrected chi connectivity index (χ0v) is 11.5. The number of nitrogens with one attached hydrogen (secondary N) is 1. The molecule has 17 heavy (non-hydrogen) atoms. The maximum absolute atomic E-state index is 12.0. The molecule has 2 rings (SSSR count). The maximum atomic E-state index is 12.0. The first kappa shape index (κ1) is 14.6. The Labute approximate surface area is 112 Å². The van der Waals surface area contributed by atoms with Gasteiger partial charge in [-0.3, -0.25) is 9.59 Å². The van der Waals surface area contributed by atoms with Gasteiger partial charge < -0.3 is 15.1 Å². The summed E-state index contributed by atoms with van der Waals surface area (Å²) in [6, 6.07) is 0.228. The van der Waals surface area contributed by atoms with Crippen LogP contribution in [0.3, 0.4) is 0 Å². The number of hydrogen-bond acceptors (Lipinski definition) is 4. The van der Waals surface area contributed by atoms with Crippen molar-refractivity contribution in [2.24, 2.45) is 0 Å². The number of rotatable bonds is 2. The van der Waals surface area contributed by atoms with E-state index in [0.29, 0.717) is 6.54 Å². The summed E-state index contributed by atoms with van der Waals surface area (Å²) in [5.41, 5.74) is 0. The zero-order chi connectivity index (χ0) is 11.5. The lowest BCUT2D eigenvalue weighted by Gasteiger charge is -2.34. The largest absolute Gasteiger partial charge is 0.336 e. The van der Waals surface area contributed by atoms with E-state index in [1.54, 1.807) is 4.90 Å². The molecule has 2 fully saturated rings. The molecule has 2 amide bonds. The Kier molecular flexibility index (Phi) is 5.55. The summed E-state index contributed by atoms with van der Waals surface area (Å²) < 4.78 is 0. The second-order valence-corrected chi connectivity index (χ2v) is 5.22. The van der Waals surface area contributed by atoms with Gasteiger partial charge in [-0.05, 0) is 6.92 Å². The van der Waals surface area contributed by atoms with Crippen molar-refractivity contribution < 1.29 is 9.59 Å². The average Bonchev–Trinajstić information content (AvgIpc) is 2.65. The third-order valence-electron chi connectivity index (χ3n) is 2.99. The number of hydrogen-bond donors (Lipinski definition) is 1. The van der Waals surface area contributed by atoms with Crippen LogP contribution in [-0.4, -0.2) is 65.5 Å². The summed E-state index contributed by atoms with van der Waals surface area (Å²) in [6.45, 7) is 5.42. The van der Waals surface area contributed by atoms with E-state index in [4.69, 9.17) is 0 Å². The molecule has 98 valence electrons. The van der Waals surface area contributed by atoms with Gasteiger partial charge >= 0.3 is 0 Å². The molecule has 5 nitrogen and oxygen atoms in total. The fraction of sp³-hybridized carbons (Fsp3) is 0.800. The third-order valence-corrected chi connectivity index (χ3v) is 3.88. The third kappa shape index (κ3) is 3.50. The van der Waals surface area contributed by atoms with Crippen molar-refractivity contribution in [3.8, 4) is 0 Å². The van der Waals surface area contributed by atoms with E-state index in [0.717, 1.165) is 25.4 Å². The topological polar surface area (TPSA) is 52.7 Å². The van der Waals surface area contributed by atoms with E-state index in [2.05, 4.69) is 5.32 Å². The molecule has 2 saturated heterocycles. The lowest BCUT2D eigenvalue weighted by atomic mass is 10.2. The van der Waals surface area contributed by atoms with Gasteiger partial charge in [-0.2, -0.15) is 0 Å². The molecule has 0 saturated carbocycles. The number of halogens is 1. The van der Waals surface area contributed by atoms with Crippen LogP contribution in [0.2, 0.25) is 0 Å². The van der Waals surface area contributed by atoms with E-state index in [-0.39, 0.29) is 36.1 Å². The Bertz CT molecular complexity index is 303. The summed E-state index contributed by atoms with van der Waals surface area (Å²) in [5, 5.41) is 3.28. The molecule has 1 atom stereocenters. The van der Waals surface area contributed by atoms with Crippen LogP contribution in [-0.2, 0) is 4.79 Å². The van der Waals surface area contributed by atoms with Gasteiger partial charge in [-0.1, -0.05) is 11.8 Å². The second-order valence-electron chi connectivity index (χ2n) is 4.18. The standard InChI is InChI=1S/C10H17N3O2S.ClH/c1-8-6-11-2-3-13(8)9(14)7-12-4-5-16-10(12)15;/h8,11H,2-7H2,1H3;1H/t8-;/m1./s1. The van der Waals surface area contributed by atoms with Gasteiger partial charge in [0.15, 0.2) is 0 Å².